The maximum Gasteiger partial charge on any atom is 0.240 e. The van der Waals surface area contributed by atoms with E-state index in [0.717, 1.165) is 12.3 Å². The molecule has 1 amide bonds. The zero-order valence-corrected chi connectivity index (χ0v) is 10.8. The van der Waals surface area contributed by atoms with Crippen molar-refractivity contribution in [2.24, 2.45) is 17.3 Å². The van der Waals surface area contributed by atoms with E-state index in [1.54, 1.807) is 0 Å². The minimum Gasteiger partial charge on any atom is -0.352 e. The molecule has 0 aromatic heterocycles. The average Bonchev–Trinajstić information content (AvgIpc) is 2.94. The summed E-state index contributed by atoms with van der Waals surface area (Å²) in [4.78, 5) is 12.3. The van der Waals surface area contributed by atoms with Gasteiger partial charge < -0.3 is 5.32 Å². The first-order valence-electron chi connectivity index (χ1n) is 6.87. The Morgan fingerprint density at radius 2 is 2.06 bits per heavy atom. The summed E-state index contributed by atoms with van der Waals surface area (Å²) in [6.45, 7) is 3.85. The third-order valence-electron chi connectivity index (χ3n) is 4.91. The van der Waals surface area contributed by atoms with Crippen molar-refractivity contribution < 1.29 is 4.79 Å². The van der Waals surface area contributed by atoms with Gasteiger partial charge in [0.15, 0.2) is 0 Å². The number of nitrogens with zero attached hydrogens (tertiary/aromatic N) is 1. The molecule has 2 aliphatic rings. The van der Waals surface area contributed by atoms with Crippen LogP contribution < -0.4 is 5.32 Å². The molecule has 2 rings (SSSR count). The molecule has 3 atom stereocenters. The first-order chi connectivity index (χ1) is 8.15. The minimum atomic E-state index is -0.804. The van der Waals surface area contributed by atoms with Gasteiger partial charge in [-0.2, -0.15) is 5.26 Å². The second-order valence-electron chi connectivity index (χ2n) is 5.66. The van der Waals surface area contributed by atoms with E-state index in [0.29, 0.717) is 24.8 Å². The Morgan fingerprint density at radius 3 is 2.47 bits per heavy atom. The number of carbonyl (C=O) groups is 1. The highest BCUT2D eigenvalue weighted by molar-refractivity contribution is 5.85. The van der Waals surface area contributed by atoms with Gasteiger partial charge >= 0.3 is 0 Å². The Labute approximate surface area is 104 Å². The van der Waals surface area contributed by atoms with Gasteiger partial charge in [0.25, 0.3) is 0 Å². The van der Waals surface area contributed by atoms with Crippen LogP contribution >= 0.6 is 0 Å². The number of rotatable bonds is 4. The van der Waals surface area contributed by atoms with Crippen LogP contribution in [0.15, 0.2) is 0 Å². The van der Waals surface area contributed by atoms with Crippen LogP contribution in [-0.2, 0) is 4.79 Å². The highest BCUT2D eigenvalue weighted by atomic mass is 16.2. The molecule has 2 aliphatic carbocycles. The predicted octanol–water partition coefficient (Wildman–Crippen LogP) is 2.62. The van der Waals surface area contributed by atoms with Crippen LogP contribution in [0.5, 0.6) is 0 Å². The first kappa shape index (κ1) is 12.4. The van der Waals surface area contributed by atoms with Gasteiger partial charge in [-0.3, -0.25) is 4.79 Å². The van der Waals surface area contributed by atoms with Gasteiger partial charge in [-0.1, -0.05) is 20.3 Å². The van der Waals surface area contributed by atoms with E-state index in [4.69, 9.17) is 0 Å². The molecule has 2 bridgehead atoms. The Balaban J connectivity index is 1.99. The Kier molecular flexibility index (Phi) is 3.42. The van der Waals surface area contributed by atoms with Crippen molar-refractivity contribution in [3.05, 3.63) is 0 Å². The fraction of sp³-hybridized carbons (Fsp3) is 0.857. The molecule has 0 radical (unpaired) electrons. The van der Waals surface area contributed by atoms with Crippen molar-refractivity contribution in [2.75, 3.05) is 0 Å². The number of fused-ring (bicyclic) bond motifs is 2. The SMILES string of the molecule is CCC(C#N)(CC)C(=O)NC1CC2CCC1C2. The molecule has 94 valence electrons. The summed E-state index contributed by atoms with van der Waals surface area (Å²) in [5.41, 5.74) is -0.804. The first-order valence-corrected chi connectivity index (χ1v) is 6.87. The molecule has 3 unspecified atom stereocenters. The monoisotopic (exact) mass is 234 g/mol. The van der Waals surface area contributed by atoms with Crippen LogP contribution in [0.3, 0.4) is 0 Å². The molecule has 17 heavy (non-hydrogen) atoms. The van der Waals surface area contributed by atoms with E-state index in [2.05, 4.69) is 11.4 Å². The zero-order valence-electron chi connectivity index (χ0n) is 10.8. The summed E-state index contributed by atoms with van der Waals surface area (Å²) in [6.07, 6.45) is 6.21. The summed E-state index contributed by atoms with van der Waals surface area (Å²) in [5, 5.41) is 12.4. The molecule has 0 aliphatic heterocycles. The predicted molar refractivity (Wildman–Crippen MR) is 66.0 cm³/mol. The van der Waals surface area contributed by atoms with Crippen LogP contribution in [0.2, 0.25) is 0 Å². The van der Waals surface area contributed by atoms with Crippen LogP contribution in [0.25, 0.3) is 0 Å². The lowest BCUT2D eigenvalue weighted by Gasteiger charge is -2.28. The van der Waals surface area contributed by atoms with Gasteiger partial charge in [0, 0.05) is 6.04 Å². The van der Waals surface area contributed by atoms with Gasteiger partial charge in [0.05, 0.1) is 6.07 Å². The maximum absolute atomic E-state index is 12.3. The van der Waals surface area contributed by atoms with E-state index in [-0.39, 0.29) is 5.91 Å². The van der Waals surface area contributed by atoms with Crippen LogP contribution in [0.4, 0.5) is 0 Å². The standard InChI is InChI=1S/C14H22N2O/c1-3-14(4-2,9-15)13(17)16-12-8-10-5-6-11(12)7-10/h10-12H,3-8H2,1-2H3,(H,16,17). The van der Waals surface area contributed by atoms with Crippen molar-refractivity contribution in [1.29, 1.82) is 5.26 Å². The van der Waals surface area contributed by atoms with Gasteiger partial charge in [0.1, 0.15) is 5.41 Å². The molecule has 0 spiro atoms. The van der Waals surface area contributed by atoms with Crippen molar-refractivity contribution in [3.8, 4) is 6.07 Å². The molecule has 0 aromatic carbocycles. The van der Waals surface area contributed by atoms with E-state index >= 15 is 0 Å². The van der Waals surface area contributed by atoms with Crippen molar-refractivity contribution in [1.82, 2.24) is 5.32 Å². The molecule has 0 saturated heterocycles. The van der Waals surface area contributed by atoms with E-state index in [1.165, 1.54) is 19.3 Å². The van der Waals surface area contributed by atoms with E-state index in [9.17, 15) is 10.1 Å². The molecule has 2 fully saturated rings. The average molecular weight is 234 g/mol. The second kappa shape index (κ2) is 4.68. The molecule has 1 N–H and O–H groups in total. The summed E-state index contributed by atoms with van der Waals surface area (Å²) < 4.78 is 0. The molecule has 2 saturated carbocycles. The largest absolute Gasteiger partial charge is 0.352 e. The second-order valence-corrected chi connectivity index (χ2v) is 5.66. The fourth-order valence-corrected chi connectivity index (χ4v) is 3.51. The summed E-state index contributed by atoms with van der Waals surface area (Å²) >= 11 is 0. The van der Waals surface area contributed by atoms with Crippen molar-refractivity contribution in [3.63, 3.8) is 0 Å². The normalized spacial score (nSPS) is 31.2. The quantitative estimate of drug-likeness (QED) is 0.813. The highest BCUT2D eigenvalue weighted by Gasteiger charge is 2.43. The van der Waals surface area contributed by atoms with Crippen LogP contribution in [0, 0.1) is 28.6 Å². The molecule has 0 aromatic rings. The molecular formula is C14H22N2O. The number of hydrogen-bond acceptors (Lipinski definition) is 2. The topological polar surface area (TPSA) is 52.9 Å². The number of amides is 1. The number of nitrogens with one attached hydrogen (secondary N) is 1. The molecule has 0 heterocycles. The smallest absolute Gasteiger partial charge is 0.240 e. The van der Waals surface area contributed by atoms with Crippen molar-refractivity contribution >= 4 is 5.91 Å². The Morgan fingerprint density at radius 1 is 1.35 bits per heavy atom. The summed E-state index contributed by atoms with van der Waals surface area (Å²) in [6, 6.07) is 2.56. The Hall–Kier alpha value is -1.04. The van der Waals surface area contributed by atoms with Crippen molar-refractivity contribution in [2.45, 2.75) is 58.4 Å². The molecular weight excluding hydrogens is 212 g/mol. The van der Waals surface area contributed by atoms with Crippen LogP contribution in [0.1, 0.15) is 52.4 Å². The zero-order chi connectivity index (χ0) is 12.5. The van der Waals surface area contributed by atoms with Gasteiger partial charge in [-0.15, -0.1) is 0 Å². The van der Waals surface area contributed by atoms with E-state index < -0.39 is 5.41 Å². The fourth-order valence-electron chi connectivity index (χ4n) is 3.51. The third-order valence-corrected chi connectivity index (χ3v) is 4.91. The highest BCUT2D eigenvalue weighted by Crippen LogP contribution is 2.44. The maximum atomic E-state index is 12.3. The van der Waals surface area contributed by atoms with Crippen LogP contribution in [-0.4, -0.2) is 11.9 Å². The summed E-state index contributed by atoms with van der Waals surface area (Å²) in [5.74, 6) is 1.46. The van der Waals surface area contributed by atoms with Gasteiger partial charge in [-0.05, 0) is 43.9 Å². The lowest BCUT2D eigenvalue weighted by molar-refractivity contribution is -0.129. The minimum absolute atomic E-state index is 0.0393. The Bertz CT molecular complexity index is 341. The third kappa shape index (κ3) is 2.06. The molecule has 3 nitrogen and oxygen atoms in total. The van der Waals surface area contributed by atoms with E-state index in [1.807, 2.05) is 13.8 Å². The lowest BCUT2D eigenvalue weighted by atomic mass is 9.82. The number of hydrogen-bond donors (Lipinski definition) is 1. The number of carbonyl (C=O) groups excluding carboxylic acids is 1. The van der Waals surface area contributed by atoms with Gasteiger partial charge in [0.2, 0.25) is 5.91 Å². The lowest BCUT2D eigenvalue weighted by Crippen LogP contribution is -2.46. The molecule has 3 heteroatoms. The van der Waals surface area contributed by atoms with Gasteiger partial charge in [-0.25, -0.2) is 0 Å². The summed E-state index contributed by atoms with van der Waals surface area (Å²) in [7, 11) is 0. The number of nitriles is 1.